The zero-order chi connectivity index (χ0) is 26.3. The second-order valence-electron chi connectivity index (χ2n) is 8.17. The van der Waals surface area contributed by atoms with Crippen LogP contribution in [-0.2, 0) is 11.3 Å². The van der Waals surface area contributed by atoms with Crippen LogP contribution in [-0.4, -0.2) is 36.7 Å². The second-order valence-corrected chi connectivity index (χ2v) is 8.17. The van der Waals surface area contributed by atoms with Crippen molar-refractivity contribution in [3.63, 3.8) is 0 Å². The van der Waals surface area contributed by atoms with Crippen molar-refractivity contribution in [3.05, 3.63) is 65.0 Å². The van der Waals surface area contributed by atoms with E-state index in [1.165, 1.54) is 32.5 Å². The fourth-order valence-corrected chi connectivity index (χ4v) is 3.26. The lowest BCUT2D eigenvalue weighted by atomic mass is 9.98. The smallest absolute Gasteiger partial charge is 0.407 e. The predicted octanol–water partition coefficient (Wildman–Crippen LogP) is 5.81. The van der Waals surface area contributed by atoms with Gasteiger partial charge in [-0.1, -0.05) is 19.9 Å². The summed E-state index contributed by atoms with van der Waals surface area (Å²) in [5.74, 6) is -2.25. The highest BCUT2D eigenvalue weighted by atomic mass is 19.1. The Balaban J connectivity index is 0.00000210. The van der Waals surface area contributed by atoms with Crippen molar-refractivity contribution in [1.82, 2.24) is 10.3 Å². The number of methoxy groups -OCH3 is 2. The number of hydrogen-bond donors (Lipinski definition) is 1. The lowest BCUT2D eigenvalue weighted by Crippen LogP contribution is -2.32. The van der Waals surface area contributed by atoms with Crippen molar-refractivity contribution in [3.8, 4) is 11.5 Å². The normalized spacial score (nSPS) is 10.8. The van der Waals surface area contributed by atoms with Crippen LogP contribution in [0.15, 0.2) is 36.5 Å². The van der Waals surface area contributed by atoms with Crippen molar-refractivity contribution >= 4 is 22.6 Å². The Labute approximate surface area is 203 Å². The molecular weight excluding hydrogens is 458 g/mol. The summed E-state index contributed by atoms with van der Waals surface area (Å²) >= 11 is 0. The van der Waals surface area contributed by atoms with E-state index in [1.807, 2.05) is 13.8 Å². The van der Waals surface area contributed by atoms with E-state index in [4.69, 9.17) is 14.2 Å². The maximum Gasteiger partial charge on any atom is 0.407 e. The highest BCUT2D eigenvalue weighted by molar-refractivity contribution is 6.16. The third-order valence-electron chi connectivity index (χ3n) is 4.70. The number of hydrogen-bond acceptors (Lipinski definition) is 6. The van der Waals surface area contributed by atoms with Gasteiger partial charge in [0, 0.05) is 18.1 Å². The van der Waals surface area contributed by atoms with Crippen LogP contribution in [0, 0.1) is 11.6 Å². The molecule has 2 aromatic carbocycles. The largest absolute Gasteiger partial charge is 0.493 e. The number of carbonyl (C=O) groups is 2. The van der Waals surface area contributed by atoms with E-state index in [-0.39, 0.29) is 17.6 Å². The summed E-state index contributed by atoms with van der Waals surface area (Å²) in [6.07, 6.45) is 0.724. The molecule has 0 saturated heterocycles. The monoisotopic (exact) mass is 488 g/mol. The summed E-state index contributed by atoms with van der Waals surface area (Å²) in [7, 11) is 2.87. The lowest BCUT2D eigenvalue weighted by molar-refractivity contribution is 0.0523. The number of carbonyl (C=O) groups excluding carboxylic acids is 2. The van der Waals surface area contributed by atoms with Gasteiger partial charge < -0.3 is 19.5 Å². The molecule has 0 bridgehead atoms. The molecular formula is C26H30F2N2O5. The van der Waals surface area contributed by atoms with Crippen LogP contribution in [0.3, 0.4) is 0 Å². The van der Waals surface area contributed by atoms with Gasteiger partial charge in [0.15, 0.2) is 11.5 Å². The molecule has 3 aromatic rings. The first-order valence-electron chi connectivity index (χ1n) is 11.0. The van der Waals surface area contributed by atoms with Crippen LogP contribution in [0.1, 0.15) is 56.2 Å². The highest BCUT2D eigenvalue weighted by Gasteiger charge is 2.24. The van der Waals surface area contributed by atoms with Gasteiger partial charge in [-0.15, -0.1) is 0 Å². The molecule has 7 nitrogen and oxygen atoms in total. The van der Waals surface area contributed by atoms with E-state index in [2.05, 4.69) is 10.3 Å². The van der Waals surface area contributed by atoms with Crippen molar-refractivity contribution in [2.45, 2.75) is 46.8 Å². The molecule has 0 radical (unpaired) electrons. The van der Waals surface area contributed by atoms with Gasteiger partial charge in [-0.2, -0.15) is 0 Å². The van der Waals surface area contributed by atoms with Crippen LogP contribution in [0.5, 0.6) is 11.5 Å². The molecule has 35 heavy (non-hydrogen) atoms. The van der Waals surface area contributed by atoms with Gasteiger partial charge in [0.05, 0.1) is 19.8 Å². The number of nitrogens with one attached hydrogen (secondary N) is 1. The predicted molar refractivity (Wildman–Crippen MR) is 129 cm³/mol. The summed E-state index contributed by atoms with van der Waals surface area (Å²) in [5, 5.41) is 3.40. The van der Waals surface area contributed by atoms with Gasteiger partial charge in [-0.05, 0) is 56.0 Å². The Morgan fingerprint density at radius 3 is 2.03 bits per heavy atom. The Kier molecular flexibility index (Phi) is 9.11. The van der Waals surface area contributed by atoms with Crippen LogP contribution in [0.25, 0.3) is 10.8 Å². The molecule has 0 fully saturated rings. The van der Waals surface area contributed by atoms with Crippen molar-refractivity contribution in [2.24, 2.45) is 0 Å². The molecule has 0 spiro atoms. The van der Waals surface area contributed by atoms with Crippen LogP contribution < -0.4 is 14.8 Å². The number of rotatable bonds is 6. The fraction of sp³-hybridized carbons (Fsp3) is 0.346. The van der Waals surface area contributed by atoms with E-state index >= 15 is 0 Å². The molecule has 0 saturated carbocycles. The number of fused-ring (bicyclic) bond motifs is 1. The fourth-order valence-electron chi connectivity index (χ4n) is 3.26. The van der Waals surface area contributed by atoms with Crippen LogP contribution in [0.2, 0.25) is 0 Å². The minimum absolute atomic E-state index is 0.0242. The zero-order valence-corrected chi connectivity index (χ0v) is 20.9. The quantitative estimate of drug-likeness (QED) is 0.441. The number of pyridine rings is 1. The first kappa shape index (κ1) is 27.5. The van der Waals surface area contributed by atoms with E-state index in [1.54, 1.807) is 26.8 Å². The van der Waals surface area contributed by atoms with Crippen molar-refractivity contribution in [1.29, 1.82) is 0 Å². The summed E-state index contributed by atoms with van der Waals surface area (Å²) in [4.78, 5) is 29.4. The number of ether oxygens (including phenoxy) is 3. The van der Waals surface area contributed by atoms with Crippen molar-refractivity contribution < 1.29 is 32.6 Å². The maximum absolute atomic E-state index is 14.3. The molecule has 0 aliphatic heterocycles. The molecule has 0 aliphatic carbocycles. The Morgan fingerprint density at radius 2 is 1.51 bits per heavy atom. The van der Waals surface area contributed by atoms with Gasteiger partial charge in [0.1, 0.15) is 22.9 Å². The summed E-state index contributed by atoms with van der Waals surface area (Å²) < 4.78 is 44.5. The molecule has 1 N–H and O–H groups in total. The summed E-state index contributed by atoms with van der Waals surface area (Å²) in [6.45, 7) is 9.24. The van der Waals surface area contributed by atoms with Crippen LogP contribution >= 0.6 is 0 Å². The zero-order valence-electron chi connectivity index (χ0n) is 20.9. The third kappa shape index (κ3) is 6.44. The lowest BCUT2D eigenvalue weighted by Gasteiger charge is -2.20. The minimum atomic E-state index is -0.994. The number of amides is 1. The van der Waals surface area contributed by atoms with E-state index in [0.29, 0.717) is 22.4 Å². The highest BCUT2D eigenvalue weighted by Crippen LogP contribution is 2.35. The Morgan fingerprint density at radius 1 is 0.971 bits per heavy atom. The number of ketones is 1. The van der Waals surface area contributed by atoms with Gasteiger partial charge in [0.25, 0.3) is 0 Å². The Hall–Kier alpha value is -3.75. The summed E-state index contributed by atoms with van der Waals surface area (Å²) in [6, 6.07) is 6.29. The van der Waals surface area contributed by atoms with Crippen LogP contribution in [0.4, 0.5) is 13.6 Å². The van der Waals surface area contributed by atoms with E-state index in [9.17, 15) is 18.4 Å². The number of benzene rings is 2. The molecule has 0 unspecified atom stereocenters. The molecule has 0 atom stereocenters. The van der Waals surface area contributed by atoms with E-state index in [0.717, 1.165) is 12.1 Å². The number of alkyl carbamates (subject to hydrolysis) is 1. The number of halogens is 2. The topological polar surface area (TPSA) is 86.8 Å². The maximum atomic E-state index is 14.3. The third-order valence-corrected chi connectivity index (χ3v) is 4.70. The minimum Gasteiger partial charge on any atom is -0.493 e. The van der Waals surface area contributed by atoms with E-state index < -0.39 is 34.7 Å². The average Bonchev–Trinajstić information content (AvgIpc) is 2.81. The first-order valence-corrected chi connectivity index (χ1v) is 11.0. The molecule has 188 valence electrons. The van der Waals surface area contributed by atoms with Gasteiger partial charge >= 0.3 is 6.09 Å². The molecule has 1 amide bonds. The van der Waals surface area contributed by atoms with Gasteiger partial charge in [-0.25, -0.2) is 13.6 Å². The van der Waals surface area contributed by atoms with Crippen molar-refractivity contribution in [2.75, 3.05) is 14.2 Å². The molecule has 9 heteroatoms. The van der Waals surface area contributed by atoms with Gasteiger partial charge in [0.2, 0.25) is 5.78 Å². The number of nitrogens with zero attached hydrogens (tertiary/aromatic N) is 1. The summed E-state index contributed by atoms with van der Waals surface area (Å²) in [5.41, 5.74) is -1.03. The molecule has 3 rings (SSSR count). The first-order chi connectivity index (χ1) is 16.6. The second kappa shape index (κ2) is 11.6. The SMILES string of the molecule is CC.COc1cc2c(CNC(=O)OC(C)(C)C)cnc(C(=O)c3c(F)cccc3F)c2cc1OC. The Bertz CT molecular complexity index is 1200. The standard InChI is InChI=1S/C24H24F2N2O5.C2H6/c1-24(2,3)33-23(30)28-12-13-11-27-21(22(29)20-16(25)7-6-8-17(20)26)15-10-19(32-5)18(31-4)9-14(13)15;1-2/h6-11H,12H2,1-5H3,(H,28,30);1-2H3. The average molecular weight is 489 g/mol. The molecule has 1 heterocycles. The van der Waals surface area contributed by atoms with Gasteiger partial charge in [-0.3, -0.25) is 9.78 Å². The number of aromatic nitrogens is 1. The molecule has 1 aromatic heterocycles. The molecule has 0 aliphatic rings.